The number of hydrogen-bond donors (Lipinski definition) is 0. The van der Waals surface area contributed by atoms with Crippen molar-refractivity contribution in [3.05, 3.63) is 57.8 Å². The van der Waals surface area contributed by atoms with E-state index in [0.29, 0.717) is 5.02 Å². The lowest BCUT2D eigenvalue weighted by atomic mass is 10.2. The molecule has 0 radical (unpaired) electrons. The lowest BCUT2D eigenvalue weighted by Gasteiger charge is -2.11. The molecule has 3 aromatic rings. The second-order valence-corrected chi connectivity index (χ2v) is 6.48. The Balaban J connectivity index is 2.36. The van der Waals surface area contributed by atoms with Crippen molar-refractivity contribution < 1.29 is 0 Å². The summed E-state index contributed by atoms with van der Waals surface area (Å²) in [6.45, 7) is 1.91. The van der Waals surface area contributed by atoms with Gasteiger partial charge in [0.05, 0.1) is 21.4 Å². The first-order valence-electron chi connectivity index (χ1n) is 6.15. The molecule has 0 aliphatic rings. The van der Waals surface area contributed by atoms with E-state index >= 15 is 0 Å². The van der Waals surface area contributed by atoms with Crippen LogP contribution in [0.15, 0.2) is 46.9 Å². The Morgan fingerprint density at radius 2 is 1.85 bits per heavy atom. The van der Waals surface area contributed by atoms with E-state index < -0.39 is 0 Å². The van der Waals surface area contributed by atoms with Crippen molar-refractivity contribution in [2.75, 3.05) is 0 Å². The van der Waals surface area contributed by atoms with Gasteiger partial charge in [0.1, 0.15) is 5.82 Å². The molecule has 1 unspecified atom stereocenters. The third-order valence-corrected chi connectivity index (χ3v) is 4.12. The third-order valence-electron chi connectivity index (χ3n) is 3.09. The largest absolute Gasteiger partial charge is 0.294 e. The van der Waals surface area contributed by atoms with Crippen LogP contribution in [-0.2, 0) is 0 Å². The topological polar surface area (TPSA) is 17.8 Å². The van der Waals surface area contributed by atoms with Crippen molar-refractivity contribution in [3.8, 4) is 5.69 Å². The van der Waals surface area contributed by atoms with E-state index in [1.165, 1.54) is 0 Å². The fourth-order valence-corrected chi connectivity index (χ4v) is 2.89. The first-order chi connectivity index (χ1) is 9.58. The number of para-hydroxylation sites is 1. The molecule has 1 heterocycles. The number of halogens is 3. The van der Waals surface area contributed by atoms with E-state index in [4.69, 9.17) is 23.2 Å². The summed E-state index contributed by atoms with van der Waals surface area (Å²) in [4.78, 5) is 4.61. The molecule has 1 aromatic heterocycles. The Bertz CT molecular complexity index is 763. The Kier molecular flexibility index (Phi) is 3.76. The molecule has 0 aliphatic heterocycles. The number of aromatic nitrogens is 2. The number of imidazole rings is 1. The van der Waals surface area contributed by atoms with Crippen LogP contribution in [-0.4, -0.2) is 9.55 Å². The van der Waals surface area contributed by atoms with Crippen LogP contribution in [0, 0.1) is 0 Å². The van der Waals surface area contributed by atoms with Gasteiger partial charge in [-0.25, -0.2) is 4.98 Å². The van der Waals surface area contributed by atoms with Crippen molar-refractivity contribution in [2.45, 2.75) is 12.3 Å². The first kappa shape index (κ1) is 13.9. The Labute approximate surface area is 135 Å². The van der Waals surface area contributed by atoms with Crippen LogP contribution >= 0.6 is 39.1 Å². The molecule has 0 aliphatic carbocycles. The number of fused-ring (bicyclic) bond motifs is 1. The van der Waals surface area contributed by atoms with Gasteiger partial charge in [0.15, 0.2) is 0 Å². The van der Waals surface area contributed by atoms with Crippen molar-refractivity contribution >= 4 is 50.2 Å². The van der Waals surface area contributed by atoms with E-state index in [1.54, 1.807) is 0 Å². The second kappa shape index (κ2) is 5.40. The van der Waals surface area contributed by atoms with E-state index in [9.17, 15) is 0 Å². The van der Waals surface area contributed by atoms with Crippen LogP contribution in [0.4, 0.5) is 0 Å². The fourth-order valence-electron chi connectivity index (χ4n) is 2.22. The van der Waals surface area contributed by atoms with E-state index in [0.717, 1.165) is 27.0 Å². The number of rotatable bonds is 2. The molecular weight excluding hydrogens is 359 g/mol. The van der Waals surface area contributed by atoms with E-state index in [1.807, 2.05) is 54.0 Å². The van der Waals surface area contributed by atoms with Gasteiger partial charge >= 0.3 is 0 Å². The van der Waals surface area contributed by atoms with Gasteiger partial charge < -0.3 is 0 Å². The number of nitrogens with zero attached hydrogens (tertiary/aromatic N) is 2. The van der Waals surface area contributed by atoms with E-state index in [-0.39, 0.29) is 5.38 Å². The number of alkyl halides is 1. The summed E-state index contributed by atoms with van der Waals surface area (Å²) in [7, 11) is 0. The molecule has 3 rings (SSSR count). The average Bonchev–Trinajstić information content (AvgIpc) is 2.81. The molecule has 0 bridgehead atoms. The predicted molar refractivity (Wildman–Crippen MR) is 88.0 cm³/mol. The van der Waals surface area contributed by atoms with Crippen LogP contribution < -0.4 is 0 Å². The standard InChI is InChI=1S/C15H11BrCl2N2/c1-9(17)15-19-13-4-2-3-12(18)14(13)20(15)11-7-5-10(16)6-8-11/h2-9H,1H3. The quantitative estimate of drug-likeness (QED) is 0.526. The summed E-state index contributed by atoms with van der Waals surface area (Å²) in [6.07, 6.45) is 0. The highest BCUT2D eigenvalue weighted by Gasteiger charge is 2.18. The molecule has 0 N–H and O–H groups in total. The molecule has 0 spiro atoms. The van der Waals surface area contributed by atoms with Crippen LogP contribution in [0.3, 0.4) is 0 Å². The maximum atomic E-state index is 6.35. The van der Waals surface area contributed by atoms with Crippen LogP contribution in [0.2, 0.25) is 5.02 Å². The zero-order chi connectivity index (χ0) is 14.3. The molecule has 0 saturated heterocycles. The van der Waals surface area contributed by atoms with Gasteiger partial charge in [0.2, 0.25) is 0 Å². The molecule has 5 heteroatoms. The van der Waals surface area contributed by atoms with Gasteiger partial charge in [-0.1, -0.05) is 33.6 Å². The monoisotopic (exact) mass is 368 g/mol. The zero-order valence-electron chi connectivity index (χ0n) is 10.6. The fraction of sp³-hybridized carbons (Fsp3) is 0.133. The summed E-state index contributed by atoms with van der Waals surface area (Å²) in [5.41, 5.74) is 2.73. The molecule has 0 saturated carbocycles. The van der Waals surface area contributed by atoms with Gasteiger partial charge in [0, 0.05) is 10.2 Å². The van der Waals surface area contributed by atoms with Crippen molar-refractivity contribution in [1.82, 2.24) is 9.55 Å². The van der Waals surface area contributed by atoms with Gasteiger partial charge in [-0.05, 0) is 43.3 Å². The maximum Gasteiger partial charge on any atom is 0.132 e. The van der Waals surface area contributed by atoms with Crippen molar-refractivity contribution in [2.24, 2.45) is 0 Å². The molecule has 20 heavy (non-hydrogen) atoms. The summed E-state index contributed by atoms with van der Waals surface area (Å²) in [6, 6.07) is 13.7. The molecular formula is C15H11BrCl2N2. The second-order valence-electron chi connectivity index (χ2n) is 4.51. The lowest BCUT2D eigenvalue weighted by Crippen LogP contribution is -2.01. The minimum absolute atomic E-state index is 0.206. The number of hydrogen-bond acceptors (Lipinski definition) is 1. The highest BCUT2D eigenvalue weighted by atomic mass is 79.9. The van der Waals surface area contributed by atoms with Crippen molar-refractivity contribution in [3.63, 3.8) is 0 Å². The predicted octanol–water partition coefficient (Wildman–Crippen LogP) is 5.74. The van der Waals surface area contributed by atoms with Gasteiger partial charge in [0.25, 0.3) is 0 Å². The summed E-state index contributed by atoms with van der Waals surface area (Å²) < 4.78 is 3.04. The highest BCUT2D eigenvalue weighted by molar-refractivity contribution is 9.10. The third kappa shape index (κ3) is 2.34. The summed E-state index contributed by atoms with van der Waals surface area (Å²) in [5.74, 6) is 0.789. The summed E-state index contributed by atoms with van der Waals surface area (Å²) in [5, 5.41) is 0.462. The first-order valence-corrected chi connectivity index (χ1v) is 7.75. The SMILES string of the molecule is CC(Cl)c1nc2cccc(Cl)c2n1-c1ccc(Br)cc1. The minimum Gasteiger partial charge on any atom is -0.294 e. The smallest absolute Gasteiger partial charge is 0.132 e. The average molecular weight is 370 g/mol. The Morgan fingerprint density at radius 3 is 2.50 bits per heavy atom. The molecule has 2 aromatic carbocycles. The zero-order valence-corrected chi connectivity index (χ0v) is 13.7. The molecule has 1 atom stereocenters. The molecule has 0 fully saturated rings. The van der Waals surface area contributed by atoms with Crippen molar-refractivity contribution in [1.29, 1.82) is 0 Å². The molecule has 102 valence electrons. The van der Waals surface area contributed by atoms with E-state index in [2.05, 4.69) is 20.9 Å². The highest BCUT2D eigenvalue weighted by Crippen LogP contribution is 2.32. The maximum absolute atomic E-state index is 6.35. The van der Waals surface area contributed by atoms with Crippen LogP contribution in [0.1, 0.15) is 18.1 Å². The lowest BCUT2D eigenvalue weighted by molar-refractivity contribution is 0.882. The van der Waals surface area contributed by atoms with Gasteiger partial charge in [-0.15, -0.1) is 11.6 Å². The molecule has 0 amide bonds. The summed E-state index contributed by atoms with van der Waals surface area (Å²) >= 11 is 16.1. The number of benzene rings is 2. The van der Waals surface area contributed by atoms with Gasteiger partial charge in [-0.3, -0.25) is 4.57 Å². The Hall–Kier alpha value is -1.03. The minimum atomic E-state index is -0.206. The normalized spacial score (nSPS) is 12.8. The van der Waals surface area contributed by atoms with Crippen LogP contribution in [0.25, 0.3) is 16.7 Å². The van der Waals surface area contributed by atoms with Crippen LogP contribution in [0.5, 0.6) is 0 Å². The Morgan fingerprint density at radius 1 is 1.15 bits per heavy atom. The molecule has 2 nitrogen and oxygen atoms in total. The van der Waals surface area contributed by atoms with Gasteiger partial charge in [-0.2, -0.15) is 0 Å².